The molecule has 1 heterocycles. The molecule has 0 spiro atoms. The van der Waals surface area contributed by atoms with Crippen LogP contribution in [0, 0.1) is 0 Å². The third-order valence-corrected chi connectivity index (χ3v) is 4.59. The lowest BCUT2D eigenvalue weighted by Gasteiger charge is -2.21. The van der Waals surface area contributed by atoms with E-state index in [0.29, 0.717) is 27.9 Å². The van der Waals surface area contributed by atoms with Gasteiger partial charge in [-0.1, -0.05) is 23.7 Å². The van der Waals surface area contributed by atoms with Gasteiger partial charge in [0, 0.05) is 27.8 Å². The molecule has 3 rings (SSSR count). The summed E-state index contributed by atoms with van der Waals surface area (Å²) in [5, 5.41) is 6.14. The van der Waals surface area contributed by atoms with E-state index in [9.17, 15) is 9.59 Å². The summed E-state index contributed by atoms with van der Waals surface area (Å²) in [7, 11) is 1.55. The Morgan fingerprint density at radius 1 is 1.03 bits per heavy atom. The number of furan rings is 1. The van der Waals surface area contributed by atoms with Crippen molar-refractivity contribution in [1.82, 2.24) is 10.6 Å². The first-order valence-corrected chi connectivity index (χ1v) is 10.4. The minimum atomic E-state index is -0.490. The van der Waals surface area contributed by atoms with Crippen molar-refractivity contribution in [2.45, 2.75) is 26.3 Å². The van der Waals surface area contributed by atoms with Crippen molar-refractivity contribution in [2.75, 3.05) is 7.11 Å². The zero-order chi connectivity index (χ0) is 23.3. The minimum Gasteiger partial charge on any atom is -0.497 e. The zero-order valence-electron chi connectivity index (χ0n) is 18.4. The summed E-state index contributed by atoms with van der Waals surface area (Å²) in [5.41, 5.74) is 0.767. The smallest absolute Gasteiger partial charge is 0.268 e. The molecular weight excluding hydrogens is 428 g/mol. The van der Waals surface area contributed by atoms with Crippen LogP contribution in [0.5, 0.6) is 5.75 Å². The molecule has 0 aliphatic heterocycles. The molecule has 0 aliphatic carbocycles. The van der Waals surface area contributed by atoms with Gasteiger partial charge in [0.05, 0.1) is 7.11 Å². The average molecular weight is 453 g/mol. The van der Waals surface area contributed by atoms with E-state index in [0.717, 1.165) is 5.56 Å². The maximum Gasteiger partial charge on any atom is 0.268 e. The number of carbonyl (C=O) groups excluding carboxylic acids is 2. The molecule has 1 aromatic heterocycles. The van der Waals surface area contributed by atoms with Gasteiger partial charge in [-0.15, -0.1) is 0 Å². The summed E-state index contributed by atoms with van der Waals surface area (Å²) >= 11 is 6.06. The second-order valence-corrected chi connectivity index (χ2v) is 8.59. The van der Waals surface area contributed by atoms with Crippen molar-refractivity contribution in [2.24, 2.45) is 0 Å². The van der Waals surface area contributed by atoms with Crippen LogP contribution >= 0.6 is 11.6 Å². The van der Waals surface area contributed by atoms with Crippen LogP contribution in [0.25, 0.3) is 17.4 Å². The van der Waals surface area contributed by atoms with Crippen LogP contribution in [0.2, 0.25) is 5.02 Å². The molecule has 166 valence electrons. The average Bonchev–Trinajstić information content (AvgIpc) is 3.21. The van der Waals surface area contributed by atoms with Crippen LogP contribution in [-0.4, -0.2) is 24.5 Å². The van der Waals surface area contributed by atoms with Crippen molar-refractivity contribution in [3.05, 3.63) is 82.7 Å². The molecular formula is C25H25ClN2O4. The number of nitrogens with one attached hydrogen (secondary N) is 2. The number of methoxy groups -OCH3 is 1. The van der Waals surface area contributed by atoms with E-state index in [1.54, 1.807) is 55.6 Å². The predicted octanol–water partition coefficient (Wildman–Crippen LogP) is 5.29. The van der Waals surface area contributed by atoms with Crippen molar-refractivity contribution < 1.29 is 18.7 Å². The van der Waals surface area contributed by atoms with Crippen molar-refractivity contribution in [3.63, 3.8) is 0 Å². The molecule has 0 radical (unpaired) electrons. The lowest BCUT2D eigenvalue weighted by atomic mass is 10.1. The normalized spacial score (nSPS) is 11.7. The summed E-state index contributed by atoms with van der Waals surface area (Å²) in [6.45, 7) is 5.58. The molecule has 7 heteroatoms. The summed E-state index contributed by atoms with van der Waals surface area (Å²) < 4.78 is 11.0. The number of amides is 2. The molecule has 0 aliphatic rings. The number of ether oxygens (including phenoxy) is 1. The van der Waals surface area contributed by atoms with Gasteiger partial charge in [0.1, 0.15) is 23.0 Å². The van der Waals surface area contributed by atoms with E-state index >= 15 is 0 Å². The SMILES string of the molecule is COc1ccc(C(=O)N/C(=C\c2ccc(-c3cccc(Cl)c3)o2)C(=O)NC(C)(C)C)cc1. The van der Waals surface area contributed by atoms with Crippen molar-refractivity contribution in [3.8, 4) is 17.1 Å². The topological polar surface area (TPSA) is 80.6 Å². The van der Waals surface area contributed by atoms with E-state index in [2.05, 4.69) is 10.6 Å². The minimum absolute atomic E-state index is 0.0627. The maximum absolute atomic E-state index is 12.9. The third kappa shape index (κ3) is 6.25. The van der Waals surface area contributed by atoms with E-state index in [4.69, 9.17) is 20.8 Å². The quantitative estimate of drug-likeness (QED) is 0.497. The van der Waals surface area contributed by atoms with E-state index in [1.165, 1.54) is 6.08 Å². The summed E-state index contributed by atoms with van der Waals surface area (Å²) in [6, 6.07) is 17.4. The van der Waals surface area contributed by atoms with Gasteiger partial charge in [-0.2, -0.15) is 0 Å². The number of benzene rings is 2. The van der Waals surface area contributed by atoms with Crippen molar-refractivity contribution in [1.29, 1.82) is 0 Å². The Labute approximate surface area is 192 Å². The lowest BCUT2D eigenvalue weighted by Crippen LogP contribution is -2.44. The highest BCUT2D eigenvalue weighted by Gasteiger charge is 2.20. The van der Waals surface area contributed by atoms with Gasteiger partial charge < -0.3 is 19.8 Å². The Balaban J connectivity index is 1.89. The number of carbonyl (C=O) groups is 2. The Morgan fingerprint density at radius 2 is 1.75 bits per heavy atom. The van der Waals surface area contributed by atoms with Gasteiger partial charge in [0.2, 0.25) is 0 Å². The number of rotatable bonds is 6. The molecule has 3 aromatic rings. The van der Waals surface area contributed by atoms with Gasteiger partial charge in [0.15, 0.2) is 0 Å². The zero-order valence-corrected chi connectivity index (χ0v) is 19.1. The van der Waals surface area contributed by atoms with Crippen LogP contribution in [0.4, 0.5) is 0 Å². The molecule has 32 heavy (non-hydrogen) atoms. The highest BCUT2D eigenvalue weighted by Crippen LogP contribution is 2.25. The van der Waals surface area contributed by atoms with E-state index in [1.807, 2.05) is 32.9 Å². The van der Waals surface area contributed by atoms with Gasteiger partial charge in [-0.3, -0.25) is 9.59 Å². The van der Waals surface area contributed by atoms with Crippen LogP contribution < -0.4 is 15.4 Å². The van der Waals surface area contributed by atoms with Gasteiger partial charge >= 0.3 is 0 Å². The summed E-state index contributed by atoms with van der Waals surface area (Å²) in [4.78, 5) is 25.6. The van der Waals surface area contributed by atoms with Crippen LogP contribution in [0.3, 0.4) is 0 Å². The van der Waals surface area contributed by atoms with Crippen LogP contribution in [-0.2, 0) is 4.79 Å². The standard InChI is InChI=1S/C25H25ClN2O4/c1-25(2,3)28-24(30)21(27-23(29)16-8-10-19(31-4)11-9-16)15-20-12-13-22(32-20)17-6-5-7-18(26)14-17/h5-15H,1-4H3,(H,27,29)(H,28,30)/b21-15-. The van der Waals surface area contributed by atoms with Crippen molar-refractivity contribution >= 4 is 29.5 Å². The molecule has 6 nitrogen and oxygen atoms in total. The largest absolute Gasteiger partial charge is 0.497 e. The molecule has 0 atom stereocenters. The Kier molecular flexibility index (Phi) is 7.05. The molecule has 2 N–H and O–H groups in total. The third-order valence-electron chi connectivity index (χ3n) is 4.36. The first kappa shape index (κ1) is 23.2. The molecule has 0 unspecified atom stereocenters. The Morgan fingerprint density at radius 3 is 2.38 bits per heavy atom. The number of hydrogen-bond donors (Lipinski definition) is 2. The maximum atomic E-state index is 12.9. The molecule has 0 saturated heterocycles. The highest BCUT2D eigenvalue weighted by atomic mass is 35.5. The van der Waals surface area contributed by atoms with E-state index < -0.39 is 17.4 Å². The highest BCUT2D eigenvalue weighted by molar-refractivity contribution is 6.30. The van der Waals surface area contributed by atoms with Gasteiger partial charge in [0.25, 0.3) is 11.8 Å². The molecule has 2 amide bonds. The summed E-state index contributed by atoms with van der Waals surface area (Å²) in [6.07, 6.45) is 1.50. The van der Waals surface area contributed by atoms with Crippen LogP contribution in [0.1, 0.15) is 36.9 Å². The van der Waals surface area contributed by atoms with Gasteiger partial charge in [-0.05, 0) is 69.3 Å². The monoisotopic (exact) mass is 452 g/mol. The molecule has 0 fully saturated rings. The van der Waals surface area contributed by atoms with Gasteiger partial charge in [-0.25, -0.2) is 0 Å². The second-order valence-electron chi connectivity index (χ2n) is 8.16. The second kappa shape index (κ2) is 9.75. The predicted molar refractivity (Wildman–Crippen MR) is 125 cm³/mol. The summed E-state index contributed by atoms with van der Waals surface area (Å²) in [5.74, 6) is 0.779. The number of hydrogen-bond acceptors (Lipinski definition) is 4. The Hall–Kier alpha value is -3.51. The fourth-order valence-electron chi connectivity index (χ4n) is 2.87. The first-order valence-electron chi connectivity index (χ1n) is 10.00. The fraction of sp³-hybridized carbons (Fsp3) is 0.200. The lowest BCUT2D eigenvalue weighted by molar-refractivity contribution is -0.119. The molecule has 0 bridgehead atoms. The number of halogens is 1. The first-order chi connectivity index (χ1) is 15.1. The fourth-order valence-corrected chi connectivity index (χ4v) is 3.06. The van der Waals surface area contributed by atoms with E-state index in [-0.39, 0.29) is 5.70 Å². The Bertz CT molecular complexity index is 1140. The van der Waals surface area contributed by atoms with Crippen LogP contribution in [0.15, 0.2) is 70.8 Å². The molecule has 0 saturated carbocycles. The molecule has 2 aromatic carbocycles.